The molecule has 0 spiro atoms. The fourth-order valence-electron chi connectivity index (χ4n) is 1.46. The third-order valence-corrected chi connectivity index (χ3v) is 2.47. The molecule has 1 aromatic carbocycles. The maximum absolute atomic E-state index is 13.6. The number of alkyl halides is 1. The Morgan fingerprint density at radius 3 is 2.89 bits per heavy atom. The summed E-state index contributed by atoms with van der Waals surface area (Å²) in [4.78, 5) is 4.10. The highest BCUT2D eigenvalue weighted by atomic mass is 35.5. The topological polar surface area (TPSA) is 22.1 Å². The molecule has 0 radical (unpaired) electrons. The lowest BCUT2D eigenvalue weighted by molar-refractivity contribution is 0.286. The summed E-state index contributed by atoms with van der Waals surface area (Å²) < 4.78 is 19.0. The van der Waals surface area contributed by atoms with Gasteiger partial charge in [0, 0.05) is 11.8 Å². The Morgan fingerprint density at radius 2 is 2.16 bits per heavy atom. The van der Waals surface area contributed by atoms with Crippen LogP contribution in [0.2, 0.25) is 0 Å². The zero-order valence-electron chi connectivity index (χ0n) is 10.1. The zero-order valence-corrected chi connectivity index (χ0v) is 10.8. The Hall–Kier alpha value is -2.05. The van der Waals surface area contributed by atoms with Gasteiger partial charge in [0.25, 0.3) is 0 Å². The molecular weight excluding hydrogens is 265 g/mol. The first-order chi connectivity index (χ1) is 9.29. The zero-order chi connectivity index (χ0) is 13.5. The van der Waals surface area contributed by atoms with Crippen molar-refractivity contribution < 1.29 is 9.13 Å². The van der Waals surface area contributed by atoms with Crippen molar-refractivity contribution in [3.63, 3.8) is 0 Å². The summed E-state index contributed by atoms with van der Waals surface area (Å²) >= 11 is 5.48. The summed E-state index contributed by atoms with van der Waals surface area (Å²) in [6.45, 7) is 0.212. The van der Waals surface area contributed by atoms with Gasteiger partial charge in [-0.05, 0) is 30.3 Å². The normalized spacial score (nSPS) is 9.58. The molecule has 0 aliphatic carbocycles. The highest BCUT2D eigenvalue weighted by Crippen LogP contribution is 2.19. The molecule has 0 saturated carbocycles. The number of aromatic nitrogens is 1. The molecule has 0 saturated heterocycles. The second kappa shape index (κ2) is 6.77. The smallest absolute Gasteiger partial charge is 0.165 e. The molecule has 0 fully saturated rings. The number of pyridine rings is 1. The van der Waals surface area contributed by atoms with Crippen molar-refractivity contribution in [1.29, 1.82) is 0 Å². The van der Waals surface area contributed by atoms with Crippen LogP contribution in [0.25, 0.3) is 0 Å². The van der Waals surface area contributed by atoms with Crippen molar-refractivity contribution >= 4 is 11.6 Å². The number of ether oxygens (including phenoxy) is 1. The minimum atomic E-state index is -0.424. The Kier molecular flexibility index (Phi) is 4.77. The highest BCUT2D eigenvalue weighted by Gasteiger charge is 2.04. The van der Waals surface area contributed by atoms with Crippen LogP contribution in [0.3, 0.4) is 0 Å². The fraction of sp³-hybridized carbons (Fsp3) is 0.133. The quantitative estimate of drug-likeness (QED) is 0.633. The van der Waals surface area contributed by atoms with E-state index < -0.39 is 5.82 Å². The van der Waals surface area contributed by atoms with Gasteiger partial charge in [-0.15, -0.1) is 11.6 Å². The Bertz CT molecular complexity index is 605. The molecule has 2 aromatic rings. The number of hydrogen-bond acceptors (Lipinski definition) is 2. The molecule has 0 aliphatic heterocycles. The largest absolute Gasteiger partial charge is 0.484 e. The van der Waals surface area contributed by atoms with E-state index in [9.17, 15) is 4.39 Å². The molecular formula is C15H11ClFNO. The van der Waals surface area contributed by atoms with Gasteiger partial charge in [-0.3, -0.25) is 4.98 Å². The molecule has 2 rings (SSSR count). The average Bonchev–Trinajstić information content (AvgIpc) is 2.46. The highest BCUT2D eigenvalue weighted by molar-refractivity contribution is 6.19. The van der Waals surface area contributed by atoms with Gasteiger partial charge in [0.05, 0.1) is 11.6 Å². The van der Waals surface area contributed by atoms with E-state index in [2.05, 4.69) is 16.8 Å². The van der Waals surface area contributed by atoms with E-state index in [1.54, 1.807) is 18.3 Å². The van der Waals surface area contributed by atoms with E-state index in [0.29, 0.717) is 5.56 Å². The minimum absolute atomic E-state index is 0.159. The van der Waals surface area contributed by atoms with Crippen LogP contribution in [-0.2, 0) is 6.61 Å². The molecule has 0 N–H and O–H groups in total. The molecule has 0 atom stereocenters. The van der Waals surface area contributed by atoms with E-state index in [0.717, 1.165) is 5.69 Å². The van der Waals surface area contributed by atoms with Crippen LogP contribution < -0.4 is 4.74 Å². The molecule has 0 unspecified atom stereocenters. The van der Waals surface area contributed by atoms with Gasteiger partial charge in [-0.2, -0.15) is 0 Å². The van der Waals surface area contributed by atoms with Gasteiger partial charge in [0.1, 0.15) is 6.61 Å². The Morgan fingerprint density at radius 1 is 1.26 bits per heavy atom. The lowest BCUT2D eigenvalue weighted by Crippen LogP contribution is -1.99. The van der Waals surface area contributed by atoms with Gasteiger partial charge in [0.15, 0.2) is 11.6 Å². The molecule has 96 valence electrons. The molecule has 1 aromatic heterocycles. The number of rotatable bonds is 3. The van der Waals surface area contributed by atoms with Crippen LogP contribution in [0.5, 0.6) is 5.75 Å². The second-order valence-electron chi connectivity index (χ2n) is 3.69. The maximum atomic E-state index is 13.6. The Labute approximate surface area is 116 Å². The number of nitrogens with zero attached hydrogens (tertiary/aromatic N) is 1. The molecule has 1 heterocycles. The number of benzene rings is 1. The van der Waals surface area contributed by atoms with E-state index in [1.165, 1.54) is 6.07 Å². The van der Waals surface area contributed by atoms with E-state index in [4.69, 9.17) is 16.3 Å². The summed E-state index contributed by atoms with van der Waals surface area (Å²) in [5, 5.41) is 0. The van der Waals surface area contributed by atoms with Gasteiger partial charge in [-0.25, -0.2) is 4.39 Å². The average molecular weight is 276 g/mol. The van der Waals surface area contributed by atoms with E-state index >= 15 is 0 Å². The number of hydrogen-bond donors (Lipinski definition) is 0. The van der Waals surface area contributed by atoms with Gasteiger partial charge in [0.2, 0.25) is 0 Å². The first-order valence-electron chi connectivity index (χ1n) is 5.66. The molecule has 2 nitrogen and oxygen atoms in total. The lowest BCUT2D eigenvalue weighted by Gasteiger charge is -2.07. The van der Waals surface area contributed by atoms with Crippen LogP contribution in [0, 0.1) is 17.7 Å². The first kappa shape index (κ1) is 13.4. The monoisotopic (exact) mass is 275 g/mol. The Balaban J connectivity index is 2.11. The standard InChI is InChI=1S/C15H11ClFNO/c16-8-3-4-12-6-7-14(17)15(10-12)19-11-13-5-1-2-9-18-13/h1-2,5-7,9-10H,8,11H2. The van der Waals surface area contributed by atoms with Gasteiger partial charge in [-0.1, -0.05) is 17.9 Å². The van der Waals surface area contributed by atoms with Crippen LogP contribution in [0.15, 0.2) is 42.6 Å². The van der Waals surface area contributed by atoms with Gasteiger partial charge < -0.3 is 4.74 Å². The molecule has 4 heteroatoms. The lowest BCUT2D eigenvalue weighted by atomic mass is 10.2. The summed E-state index contributed by atoms with van der Waals surface area (Å²) in [5.41, 5.74) is 1.40. The maximum Gasteiger partial charge on any atom is 0.165 e. The van der Waals surface area contributed by atoms with E-state index in [1.807, 2.05) is 18.2 Å². The van der Waals surface area contributed by atoms with Crippen LogP contribution in [0.4, 0.5) is 4.39 Å². The molecule has 0 amide bonds. The van der Waals surface area contributed by atoms with Gasteiger partial charge >= 0.3 is 0 Å². The van der Waals surface area contributed by atoms with Crippen molar-refractivity contribution in [2.45, 2.75) is 6.61 Å². The summed E-state index contributed by atoms with van der Waals surface area (Å²) in [5.74, 6) is 5.50. The summed E-state index contributed by atoms with van der Waals surface area (Å²) in [6, 6.07) is 9.94. The second-order valence-corrected chi connectivity index (χ2v) is 3.96. The summed E-state index contributed by atoms with van der Waals surface area (Å²) in [6.07, 6.45) is 1.66. The SMILES string of the molecule is Fc1ccc(C#CCCl)cc1OCc1ccccn1. The van der Waals surface area contributed by atoms with Crippen molar-refractivity contribution in [2.24, 2.45) is 0 Å². The predicted octanol–water partition coefficient (Wildman–Crippen LogP) is 3.39. The van der Waals surface area contributed by atoms with Crippen molar-refractivity contribution in [1.82, 2.24) is 4.98 Å². The van der Waals surface area contributed by atoms with E-state index in [-0.39, 0.29) is 18.2 Å². The van der Waals surface area contributed by atoms with Crippen molar-refractivity contribution in [2.75, 3.05) is 5.88 Å². The minimum Gasteiger partial charge on any atom is -0.484 e. The first-order valence-corrected chi connectivity index (χ1v) is 6.20. The molecule has 0 aliphatic rings. The summed E-state index contributed by atoms with van der Waals surface area (Å²) in [7, 11) is 0. The van der Waals surface area contributed by atoms with Crippen molar-refractivity contribution in [3.8, 4) is 17.6 Å². The molecule has 0 bridgehead atoms. The predicted molar refractivity (Wildman–Crippen MR) is 72.6 cm³/mol. The third kappa shape index (κ3) is 3.97. The number of halogens is 2. The van der Waals surface area contributed by atoms with Crippen LogP contribution >= 0.6 is 11.6 Å². The fourth-order valence-corrected chi connectivity index (χ4v) is 1.53. The van der Waals surface area contributed by atoms with Crippen LogP contribution in [-0.4, -0.2) is 10.9 Å². The van der Waals surface area contributed by atoms with Crippen molar-refractivity contribution in [3.05, 3.63) is 59.7 Å². The van der Waals surface area contributed by atoms with Crippen LogP contribution in [0.1, 0.15) is 11.3 Å². The molecule has 19 heavy (non-hydrogen) atoms. The third-order valence-electron chi connectivity index (χ3n) is 2.33.